The maximum absolute atomic E-state index is 5.36. The predicted molar refractivity (Wildman–Crippen MR) is 45.7 cm³/mol. The van der Waals surface area contributed by atoms with Crippen LogP contribution in [0.2, 0.25) is 0 Å². The monoisotopic (exact) mass is 171 g/mol. The summed E-state index contributed by atoms with van der Waals surface area (Å²) in [6, 6.07) is 7.75. The van der Waals surface area contributed by atoms with Crippen LogP contribution in [-0.2, 0) is 6.54 Å². The molecule has 0 saturated carbocycles. The highest BCUT2D eigenvalue weighted by molar-refractivity contribution is 6.13. The number of hydrogen-bond acceptors (Lipinski definition) is 2. The lowest BCUT2D eigenvalue weighted by atomic mass is 10.2. The van der Waals surface area contributed by atoms with E-state index in [1.54, 1.807) is 7.11 Å². The first kappa shape index (κ1) is 8.37. The Morgan fingerprint density at radius 3 is 2.82 bits per heavy atom. The molecule has 60 valence electrons. The molecule has 0 aliphatic heterocycles. The number of methoxy groups -OCH3 is 1. The number of nitrogens with one attached hydrogen (secondary N) is 1. The highest BCUT2D eigenvalue weighted by Gasteiger charge is 1.98. The third kappa shape index (κ3) is 2.10. The van der Waals surface area contributed by atoms with Gasteiger partial charge in [-0.05, 0) is 17.8 Å². The number of benzene rings is 1. The first-order valence-corrected chi connectivity index (χ1v) is 3.71. The molecule has 1 rings (SSSR count). The fourth-order valence-corrected chi connectivity index (χ4v) is 1.06. The second kappa shape index (κ2) is 4.21. The predicted octanol–water partition coefficient (Wildman–Crippen LogP) is 1.94. The van der Waals surface area contributed by atoms with E-state index in [0.717, 1.165) is 11.3 Å². The molecule has 0 aliphatic rings. The number of rotatable bonds is 3. The van der Waals surface area contributed by atoms with Crippen LogP contribution in [0.25, 0.3) is 0 Å². The van der Waals surface area contributed by atoms with Gasteiger partial charge in [0.1, 0.15) is 5.75 Å². The van der Waals surface area contributed by atoms with Crippen LogP contribution in [0, 0.1) is 0 Å². The molecule has 0 unspecified atom stereocenters. The van der Waals surface area contributed by atoms with Crippen molar-refractivity contribution in [2.45, 2.75) is 6.54 Å². The molecule has 1 aromatic rings. The Labute approximate surface area is 71.2 Å². The third-order valence-electron chi connectivity index (χ3n) is 1.45. The Kier molecular flexibility index (Phi) is 3.20. The first-order chi connectivity index (χ1) is 5.38. The summed E-state index contributed by atoms with van der Waals surface area (Å²) >= 11 is 5.36. The standard InChI is InChI=1S/C8H10ClNO/c1-11-8-5-3-2-4-7(8)6-10-9/h2-5,10H,6H2,1H3. The average Bonchev–Trinajstić information content (AvgIpc) is 2.06. The molecule has 3 heteroatoms. The number of halogens is 1. The molecule has 0 saturated heterocycles. The topological polar surface area (TPSA) is 21.3 Å². The summed E-state index contributed by atoms with van der Waals surface area (Å²) in [7, 11) is 1.65. The van der Waals surface area contributed by atoms with Gasteiger partial charge in [0.25, 0.3) is 0 Å². The molecule has 0 amide bonds. The molecule has 0 heterocycles. The number of ether oxygens (including phenoxy) is 1. The van der Waals surface area contributed by atoms with Gasteiger partial charge in [-0.15, -0.1) is 0 Å². The van der Waals surface area contributed by atoms with Crippen molar-refractivity contribution in [3.8, 4) is 5.75 Å². The first-order valence-electron chi connectivity index (χ1n) is 3.34. The fraction of sp³-hybridized carbons (Fsp3) is 0.250. The van der Waals surface area contributed by atoms with Crippen LogP contribution in [0.5, 0.6) is 5.75 Å². The Morgan fingerprint density at radius 1 is 1.45 bits per heavy atom. The Hall–Kier alpha value is -0.730. The van der Waals surface area contributed by atoms with Crippen LogP contribution in [0.4, 0.5) is 0 Å². The molecular formula is C8H10ClNO. The van der Waals surface area contributed by atoms with E-state index in [1.807, 2.05) is 24.3 Å². The van der Waals surface area contributed by atoms with E-state index in [1.165, 1.54) is 0 Å². The van der Waals surface area contributed by atoms with Crippen LogP contribution in [0.15, 0.2) is 24.3 Å². The molecule has 0 atom stereocenters. The van der Waals surface area contributed by atoms with E-state index in [-0.39, 0.29) is 0 Å². The highest BCUT2D eigenvalue weighted by Crippen LogP contribution is 2.16. The largest absolute Gasteiger partial charge is 0.496 e. The second-order valence-corrected chi connectivity index (χ2v) is 2.39. The fourth-order valence-electron chi connectivity index (χ4n) is 0.921. The van der Waals surface area contributed by atoms with Gasteiger partial charge in [-0.25, -0.2) is 4.84 Å². The Morgan fingerprint density at radius 2 is 2.18 bits per heavy atom. The summed E-state index contributed by atoms with van der Waals surface area (Å²) < 4.78 is 5.10. The molecule has 11 heavy (non-hydrogen) atoms. The minimum atomic E-state index is 0.617. The van der Waals surface area contributed by atoms with Crippen LogP contribution in [0.1, 0.15) is 5.56 Å². The SMILES string of the molecule is COc1ccccc1CNCl. The van der Waals surface area contributed by atoms with Gasteiger partial charge in [0, 0.05) is 12.1 Å². The molecule has 2 nitrogen and oxygen atoms in total. The van der Waals surface area contributed by atoms with Crippen molar-refractivity contribution in [3.63, 3.8) is 0 Å². The van der Waals surface area contributed by atoms with Crippen LogP contribution in [-0.4, -0.2) is 7.11 Å². The van der Waals surface area contributed by atoms with Gasteiger partial charge in [0.2, 0.25) is 0 Å². The molecule has 0 aliphatic carbocycles. The summed E-state index contributed by atoms with van der Waals surface area (Å²) in [5, 5.41) is 0. The van der Waals surface area contributed by atoms with E-state index in [9.17, 15) is 0 Å². The number of hydrogen-bond donors (Lipinski definition) is 1. The highest BCUT2D eigenvalue weighted by atomic mass is 35.5. The zero-order valence-corrected chi connectivity index (χ0v) is 7.06. The van der Waals surface area contributed by atoms with Crippen molar-refractivity contribution in [1.82, 2.24) is 4.84 Å². The van der Waals surface area contributed by atoms with Crippen molar-refractivity contribution in [3.05, 3.63) is 29.8 Å². The molecule has 0 radical (unpaired) electrons. The summed E-state index contributed by atoms with van der Waals surface area (Å²) in [6.07, 6.45) is 0. The van der Waals surface area contributed by atoms with Gasteiger partial charge in [-0.2, -0.15) is 0 Å². The summed E-state index contributed by atoms with van der Waals surface area (Å²) in [5.74, 6) is 0.862. The van der Waals surface area contributed by atoms with Crippen LogP contribution in [0.3, 0.4) is 0 Å². The molecular weight excluding hydrogens is 162 g/mol. The lowest BCUT2D eigenvalue weighted by Gasteiger charge is -2.05. The zero-order chi connectivity index (χ0) is 8.10. The van der Waals surface area contributed by atoms with E-state index in [0.29, 0.717) is 6.54 Å². The van der Waals surface area contributed by atoms with Gasteiger partial charge < -0.3 is 4.74 Å². The van der Waals surface area contributed by atoms with Gasteiger partial charge in [0.05, 0.1) is 7.11 Å². The molecule has 1 N–H and O–H groups in total. The minimum absolute atomic E-state index is 0.617. The smallest absolute Gasteiger partial charge is 0.123 e. The van der Waals surface area contributed by atoms with Gasteiger partial charge in [-0.1, -0.05) is 18.2 Å². The molecule has 0 spiro atoms. The molecule has 1 aromatic carbocycles. The third-order valence-corrected chi connectivity index (χ3v) is 1.58. The van der Waals surface area contributed by atoms with Crippen molar-refractivity contribution in [1.29, 1.82) is 0 Å². The van der Waals surface area contributed by atoms with Crippen molar-refractivity contribution < 1.29 is 4.74 Å². The molecule has 0 bridgehead atoms. The lowest BCUT2D eigenvalue weighted by Crippen LogP contribution is -2.00. The summed E-state index contributed by atoms with van der Waals surface area (Å²) in [4.78, 5) is 2.55. The minimum Gasteiger partial charge on any atom is -0.496 e. The van der Waals surface area contributed by atoms with E-state index < -0.39 is 0 Å². The number of para-hydroxylation sites is 1. The Balaban J connectivity index is 2.83. The maximum atomic E-state index is 5.36. The quantitative estimate of drug-likeness (QED) is 0.702. The zero-order valence-electron chi connectivity index (χ0n) is 6.30. The van der Waals surface area contributed by atoms with Crippen molar-refractivity contribution in [2.75, 3.05) is 7.11 Å². The summed E-state index contributed by atoms with van der Waals surface area (Å²) in [6.45, 7) is 0.617. The van der Waals surface area contributed by atoms with Crippen molar-refractivity contribution in [2.24, 2.45) is 0 Å². The van der Waals surface area contributed by atoms with E-state index in [2.05, 4.69) is 4.84 Å². The van der Waals surface area contributed by atoms with Gasteiger partial charge in [-0.3, -0.25) is 0 Å². The molecule has 0 fully saturated rings. The van der Waals surface area contributed by atoms with Crippen LogP contribution < -0.4 is 9.57 Å². The second-order valence-electron chi connectivity index (χ2n) is 2.12. The summed E-state index contributed by atoms with van der Waals surface area (Å²) in [5.41, 5.74) is 1.06. The van der Waals surface area contributed by atoms with Gasteiger partial charge >= 0.3 is 0 Å². The average molecular weight is 172 g/mol. The van der Waals surface area contributed by atoms with Gasteiger partial charge in [0.15, 0.2) is 0 Å². The van der Waals surface area contributed by atoms with Crippen LogP contribution >= 0.6 is 11.8 Å². The molecule has 0 aromatic heterocycles. The van der Waals surface area contributed by atoms with E-state index >= 15 is 0 Å². The van der Waals surface area contributed by atoms with Crippen molar-refractivity contribution >= 4 is 11.8 Å². The Bertz CT molecular complexity index is 227. The lowest BCUT2D eigenvalue weighted by molar-refractivity contribution is 0.409. The van der Waals surface area contributed by atoms with E-state index in [4.69, 9.17) is 16.5 Å². The normalized spacial score (nSPS) is 9.64. The maximum Gasteiger partial charge on any atom is 0.123 e.